The van der Waals surface area contributed by atoms with Gasteiger partial charge in [-0.25, -0.2) is 0 Å². The normalized spacial score (nSPS) is 10.2. The van der Waals surface area contributed by atoms with Gasteiger partial charge in [-0.05, 0) is 67.7 Å². The van der Waals surface area contributed by atoms with Gasteiger partial charge in [0.15, 0.2) is 5.78 Å². The van der Waals surface area contributed by atoms with Crippen molar-refractivity contribution in [2.75, 3.05) is 0 Å². The number of rotatable bonds is 2. The van der Waals surface area contributed by atoms with Crippen molar-refractivity contribution in [1.29, 1.82) is 0 Å². The van der Waals surface area contributed by atoms with Gasteiger partial charge in [0.25, 0.3) is 0 Å². The number of hydrogen-bond acceptors (Lipinski definition) is 1. The molecule has 2 rings (SSSR count). The Kier molecular flexibility index (Phi) is 6.00. The molecule has 2 aromatic rings. The third-order valence-electron chi connectivity index (χ3n) is 4.43. The Morgan fingerprint density at radius 2 is 1.24 bits per heavy atom. The summed E-state index contributed by atoms with van der Waals surface area (Å²) >= 11 is 0. The molecule has 0 fully saturated rings. The maximum absolute atomic E-state index is 12.9. The fourth-order valence-electron chi connectivity index (χ4n) is 2.68. The summed E-state index contributed by atoms with van der Waals surface area (Å²) in [7, 11) is 2.65. The van der Waals surface area contributed by atoms with Crippen LogP contribution in [0, 0.1) is 34.6 Å². The van der Waals surface area contributed by atoms with Crippen LogP contribution < -0.4 is 5.30 Å². The summed E-state index contributed by atoms with van der Waals surface area (Å²) in [6, 6.07) is 7.72. The van der Waals surface area contributed by atoms with E-state index in [-0.39, 0.29) is 24.6 Å². The molecule has 3 heteroatoms. The molecule has 0 radical (unpaired) electrons. The van der Waals surface area contributed by atoms with E-state index in [1.807, 2.05) is 38.1 Å². The predicted octanol–water partition coefficient (Wildman–Crippen LogP) is 3.31. The van der Waals surface area contributed by atoms with Gasteiger partial charge in [-0.2, -0.15) is 0 Å². The molecule has 2 aromatic carbocycles. The molecule has 0 saturated heterocycles. The van der Waals surface area contributed by atoms with Gasteiger partial charge in [0.1, 0.15) is 0 Å². The van der Waals surface area contributed by atoms with Gasteiger partial charge in [0.2, 0.25) is 0 Å². The molecule has 0 amide bonds. The Balaban J connectivity index is 0.00000220. The minimum absolute atomic E-state index is 0. The molecule has 0 aliphatic rings. The number of hydrogen-bond donors (Lipinski definition) is 0. The number of ketones is 1. The monoisotopic (exact) mass is 292 g/mol. The van der Waals surface area contributed by atoms with Crippen molar-refractivity contribution in [3.63, 3.8) is 0 Å². The molecule has 0 aromatic heterocycles. The van der Waals surface area contributed by atoms with Gasteiger partial charge in [0, 0.05) is 11.1 Å². The zero-order chi connectivity index (χ0) is 15.0. The Hall–Kier alpha value is -0.863. The third kappa shape index (κ3) is 3.17. The molecule has 1 atom stereocenters. The van der Waals surface area contributed by atoms with Crippen LogP contribution in [0.4, 0.5) is 0 Å². The summed E-state index contributed by atoms with van der Waals surface area (Å²) in [5.41, 5.74) is 7.56. The zero-order valence-corrected chi connectivity index (χ0v) is 13.9. The fraction of sp³-hybridized carbons (Fsp3) is 0.278. The van der Waals surface area contributed by atoms with Crippen molar-refractivity contribution in [1.82, 2.24) is 0 Å². The van der Waals surface area contributed by atoms with Crippen LogP contribution in [0.5, 0.6) is 0 Å². The molecule has 0 aliphatic carbocycles. The Morgan fingerprint density at radius 1 is 0.810 bits per heavy atom. The average Bonchev–Trinajstić information content (AvgIpc) is 2.43. The quantitative estimate of drug-likeness (QED) is 0.471. The summed E-state index contributed by atoms with van der Waals surface area (Å²) in [6.07, 6.45) is 0. The van der Waals surface area contributed by atoms with Crippen LogP contribution in [0.25, 0.3) is 0 Å². The maximum atomic E-state index is 12.9. The van der Waals surface area contributed by atoms with Crippen molar-refractivity contribution in [3.05, 3.63) is 63.2 Å². The summed E-state index contributed by atoms with van der Waals surface area (Å²) in [5, 5.41) is 0.951. The number of carbonyl (C=O) groups excluding carboxylic acids is 1. The first-order valence-electron chi connectivity index (χ1n) is 6.82. The fourth-order valence-corrected chi connectivity index (χ4v) is 3.02. The Morgan fingerprint density at radius 3 is 1.71 bits per heavy atom. The van der Waals surface area contributed by atoms with Crippen LogP contribution in [-0.2, 0) is 0 Å². The van der Waals surface area contributed by atoms with Crippen LogP contribution in [0.3, 0.4) is 0 Å². The second-order valence-electron chi connectivity index (χ2n) is 5.42. The topological polar surface area (TPSA) is 17.1 Å². The van der Waals surface area contributed by atoms with Crippen LogP contribution in [-0.4, -0.2) is 24.6 Å². The first-order chi connectivity index (χ1) is 9.36. The van der Waals surface area contributed by atoms with Crippen LogP contribution >= 0.6 is 9.24 Å². The molecule has 0 N–H and O–H groups in total. The van der Waals surface area contributed by atoms with E-state index in [2.05, 4.69) is 30.0 Å². The predicted molar refractivity (Wildman–Crippen MR) is 96.5 cm³/mol. The summed E-state index contributed by atoms with van der Waals surface area (Å²) in [6.45, 7) is 10.4. The van der Waals surface area contributed by atoms with E-state index in [4.69, 9.17) is 0 Å². The molecule has 0 heterocycles. The van der Waals surface area contributed by atoms with Crippen molar-refractivity contribution < 1.29 is 4.79 Å². The van der Waals surface area contributed by atoms with E-state index in [1.54, 1.807) is 0 Å². The van der Waals surface area contributed by atoms with Crippen LogP contribution in [0.1, 0.15) is 43.7 Å². The van der Waals surface area contributed by atoms with E-state index < -0.39 is 0 Å². The molecule has 21 heavy (non-hydrogen) atoms. The van der Waals surface area contributed by atoms with Gasteiger partial charge in [-0.15, -0.1) is 9.24 Å². The van der Waals surface area contributed by atoms with Crippen LogP contribution in [0.15, 0.2) is 24.3 Å². The van der Waals surface area contributed by atoms with Crippen LogP contribution in [0.2, 0.25) is 0 Å². The molecule has 0 saturated carbocycles. The molecule has 106 valence electrons. The minimum atomic E-state index is 0. The summed E-state index contributed by atoms with van der Waals surface area (Å²) in [4.78, 5) is 12.9. The van der Waals surface area contributed by atoms with Gasteiger partial charge in [-0.1, -0.05) is 24.3 Å². The second kappa shape index (κ2) is 6.93. The van der Waals surface area contributed by atoms with Gasteiger partial charge < -0.3 is 0 Å². The molecule has 0 aliphatic heterocycles. The SMILES string of the molecule is Cc1c(C)c(C)c(C(=O)c2ccccc2P)c(C)c1C.[LiH]. The second-order valence-corrected chi connectivity index (χ2v) is 6.04. The van der Waals surface area contributed by atoms with E-state index in [0.717, 1.165) is 27.6 Å². The van der Waals surface area contributed by atoms with Gasteiger partial charge in [0.05, 0.1) is 0 Å². The van der Waals surface area contributed by atoms with Crippen molar-refractivity contribution in [2.24, 2.45) is 0 Å². The molecule has 0 bridgehead atoms. The number of carbonyl (C=O) groups is 1. The molecular formula is C18H22LiOP. The van der Waals surface area contributed by atoms with Crippen molar-refractivity contribution in [2.45, 2.75) is 34.6 Å². The van der Waals surface area contributed by atoms with E-state index >= 15 is 0 Å². The Labute approximate surface area is 141 Å². The van der Waals surface area contributed by atoms with E-state index in [0.29, 0.717) is 0 Å². The zero-order valence-electron chi connectivity index (χ0n) is 12.8. The molecule has 1 unspecified atom stereocenters. The van der Waals surface area contributed by atoms with E-state index in [9.17, 15) is 4.79 Å². The summed E-state index contributed by atoms with van der Waals surface area (Å²) in [5.74, 6) is 0.122. The summed E-state index contributed by atoms with van der Waals surface area (Å²) < 4.78 is 0. The molecule has 0 spiro atoms. The van der Waals surface area contributed by atoms with Gasteiger partial charge >= 0.3 is 18.9 Å². The van der Waals surface area contributed by atoms with Crippen molar-refractivity contribution >= 4 is 39.2 Å². The van der Waals surface area contributed by atoms with E-state index in [1.165, 1.54) is 16.7 Å². The Bertz CT molecular complexity index is 676. The van der Waals surface area contributed by atoms with Gasteiger partial charge in [-0.3, -0.25) is 4.79 Å². The molecular weight excluding hydrogens is 270 g/mol. The third-order valence-corrected chi connectivity index (χ3v) is 4.94. The first kappa shape index (κ1) is 18.2. The average molecular weight is 292 g/mol. The standard InChI is InChI=1S/C18H21OP.Li.H/c1-10-11(2)13(4)17(14(5)12(10)3)18(19)15-8-6-7-9-16(15)20;;/h6-9H,20H2,1-5H3;;. The molecule has 1 nitrogen and oxygen atoms in total. The van der Waals surface area contributed by atoms with Crippen molar-refractivity contribution in [3.8, 4) is 0 Å². The first-order valence-corrected chi connectivity index (χ1v) is 7.40. The number of benzene rings is 2.